The van der Waals surface area contributed by atoms with E-state index in [1.807, 2.05) is 0 Å². The molecule has 0 aromatic heterocycles. The molecule has 0 aliphatic heterocycles. The predicted octanol–water partition coefficient (Wildman–Crippen LogP) is 2.66. The van der Waals surface area contributed by atoms with Gasteiger partial charge in [-0.2, -0.15) is 0 Å². The summed E-state index contributed by atoms with van der Waals surface area (Å²) >= 11 is 7.20. The Morgan fingerprint density at radius 1 is 0.667 bits per heavy atom. The van der Waals surface area contributed by atoms with E-state index in [2.05, 4.69) is 37.5 Å². The predicted molar refractivity (Wildman–Crippen MR) is 90.5 cm³/mol. The van der Waals surface area contributed by atoms with Crippen LogP contribution in [0, 0.1) is 0 Å². The smallest absolute Gasteiger partial charge is 0.319 e. The number of hydrogen-bond donors (Lipinski definition) is 6. The Hall–Kier alpha value is 1.68. The Balaban J connectivity index is -0.000000270. The van der Waals surface area contributed by atoms with Crippen LogP contribution in [0.15, 0.2) is 0 Å². The van der Waals surface area contributed by atoms with Crippen molar-refractivity contribution in [1.29, 1.82) is 0 Å². The first-order valence-electron chi connectivity index (χ1n) is 6.98. The van der Waals surface area contributed by atoms with Gasteiger partial charge in [0, 0.05) is 0 Å². The maximum atomic E-state index is 7.56. The minimum atomic E-state index is -3.81. The average Bonchev–Trinajstić information content (AvgIpc) is 2.23. The molecule has 0 aliphatic carbocycles. The second-order valence-electron chi connectivity index (χ2n) is 4.50. The molecule has 0 amide bonds. The summed E-state index contributed by atoms with van der Waals surface area (Å²) < 4.78 is 0. The Labute approximate surface area is 145 Å². The van der Waals surface area contributed by atoms with Crippen molar-refractivity contribution < 1.29 is 46.5 Å². The molecular formula is C10H28O6P2S2Zn. The zero-order valence-electron chi connectivity index (χ0n) is 12.8. The Bertz CT molecular complexity index is 253. The molecule has 21 heavy (non-hydrogen) atoms. The van der Waals surface area contributed by atoms with E-state index in [1.54, 1.807) is 16.5 Å². The van der Waals surface area contributed by atoms with Crippen molar-refractivity contribution in [2.24, 2.45) is 0 Å². The van der Waals surface area contributed by atoms with Crippen molar-refractivity contribution in [2.75, 3.05) is 0 Å². The molecule has 0 aromatic rings. The molecule has 0 spiro atoms. The van der Waals surface area contributed by atoms with Gasteiger partial charge in [-0.1, -0.05) is 0 Å². The SMILES string of the molecule is CCCCC[CH2][Zn][CH2]CCC.OP(O)(O)=S.OP(O)(O)=S. The Morgan fingerprint density at radius 2 is 1.00 bits per heavy atom. The average molecular weight is 436 g/mol. The van der Waals surface area contributed by atoms with E-state index < -0.39 is 13.4 Å². The second kappa shape index (κ2) is 18.0. The second-order valence-corrected chi connectivity index (χ2v) is 13.9. The molecule has 0 aromatic carbocycles. The molecule has 0 fully saturated rings. The monoisotopic (exact) mass is 434 g/mol. The minimum Gasteiger partial charge on any atom is -0.325 e. The first-order valence-corrected chi connectivity index (χ1v) is 16.5. The van der Waals surface area contributed by atoms with Gasteiger partial charge in [-0.05, 0) is 23.6 Å². The molecule has 0 saturated heterocycles. The minimum absolute atomic E-state index is 0.0118. The van der Waals surface area contributed by atoms with E-state index in [0.29, 0.717) is 0 Å². The van der Waals surface area contributed by atoms with Gasteiger partial charge in [0.2, 0.25) is 0 Å². The molecule has 0 heterocycles. The van der Waals surface area contributed by atoms with Crippen molar-refractivity contribution in [2.45, 2.75) is 62.4 Å². The van der Waals surface area contributed by atoms with Gasteiger partial charge in [0.05, 0.1) is 0 Å². The van der Waals surface area contributed by atoms with Crippen LogP contribution in [0.25, 0.3) is 0 Å². The molecule has 11 heteroatoms. The van der Waals surface area contributed by atoms with Gasteiger partial charge in [-0.15, -0.1) is 0 Å². The van der Waals surface area contributed by atoms with Gasteiger partial charge in [0.15, 0.2) is 0 Å². The van der Waals surface area contributed by atoms with Crippen LogP contribution in [0.1, 0.15) is 52.4 Å². The molecule has 6 nitrogen and oxygen atoms in total. The molecule has 0 rings (SSSR count). The molecule has 6 N–H and O–H groups in total. The molecule has 0 bridgehead atoms. The summed E-state index contributed by atoms with van der Waals surface area (Å²) in [6.07, 6.45) is 8.86. The molecule has 0 aliphatic rings. The van der Waals surface area contributed by atoms with Crippen LogP contribution >= 0.6 is 13.4 Å². The molecule has 0 saturated carbocycles. The van der Waals surface area contributed by atoms with Gasteiger partial charge in [-0.3, -0.25) is 0 Å². The first-order chi connectivity index (χ1) is 9.41. The van der Waals surface area contributed by atoms with Crippen LogP contribution in [0.5, 0.6) is 0 Å². The summed E-state index contributed by atoms with van der Waals surface area (Å²) in [5.41, 5.74) is 0. The summed E-state index contributed by atoms with van der Waals surface area (Å²) in [6, 6.07) is 0. The third kappa shape index (κ3) is 89.6. The van der Waals surface area contributed by atoms with Gasteiger partial charge in [0.1, 0.15) is 0 Å². The van der Waals surface area contributed by atoms with Crippen LogP contribution in [-0.4, -0.2) is 29.4 Å². The van der Waals surface area contributed by atoms with Gasteiger partial charge < -0.3 is 29.4 Å². The maximum Gasteiger partial charge on any atom is 0.319 e. The van der Waals surface area contributed by atoms with Crippen molar-refractivity contribution in [3.63, 3.8) is 0 Å². The molecular weight excluding hydrogens is 408 g/mol. The van der Waals surface area contributed by atoms with Crippen molar-refractivity contribution >= 4 is 37.1 Å². The van der Waals surface area contributed by atoms with Crippen molar-refractivity contribution in [3.8, 4) is 0 Å². The van der Waals surface area contributed by atoms with Crippen LogP contribution in [0.4, 0.5) is 0 Å². The topological polar surface area (TPSA) is 121 Å². The Morgan fingerprint density at radius 3 is 1.33 bits per heavy atom. The van der Waals surface area contributed by atoms with E-state index in [0.717, 1.165) is 0 Å². The number of hydrogen-bond acceptors (Lipinski definition) is 2. The zero-order chi connectivity index (χ0) is 17.4. The fraction of sp³-hybridized carbons (Fsp3) is 1.00. The van der Waals surface area contributed by atoms with E-state index in [9.17, 15) is 0 Å². The van der Waals surface area contributed by atoms with E-state index in [1.165, 1.54) is 32.1 Å². The zero-order valence-corrected chi connectivity index (χ0v) is 19.1. The molecule has 0 radical (unpaired) electrons. The number of unbranched alkanes of at least 4 members (excludes halogenated alkanes) is 4. The van der Waals surface area contributed by atoms with E-state index >= 15 is 0 Å². The molecule has 0 unspecified atom stereocenters. The van der Waals surface area contributed by atoms with E-state index in [-0.39, 0.29) is 17.1 Å². The van der Waals surface area contributed by atoms with Crippen LogP contribution in [0.2, 0.25) is 10.0 Å². The van der Waals surface area contributed by atoms with Crippen molar-refractivity contribution in [3.05, 3.63) is 0 Å². The third-order valence-electron chi connectivity index (χ3n) is 2.21. The van der Waals surface area contributed by atoms with Crippen LogP contribution in [-0.2, 0) is 40.7 Å². The summed E-state index contributed by atoms with van der Waals surface area (Å²) in [4.78, 5) is 45.3. The first kappa shape index (κ1) is 27.5. The fourth-order valence-electron chi connectivity index (χ4n) is 1.38. The number of rotatable bonds is 8. The normalized spacial score (nSPS) is 10.7. The summed E-state index contributed by atoms with van der Waals surface area (Å²) in [5, 5.41) is 3.31. The van der Waals surface area contributed by atoms with Gasteiger partial charge in [0.25, 0.3) is 0 Å². The van der Waals surface area contributed by atoms with E-state index in [4.69, 9.17) is 29.4 Å². The summed E-state index contributed by atoms with van der Waals surface area (Å²) in [7, 11) is 0. The molecule has 0 atom stereocenters. The summed E-state index contributed by atoms with van der Waals surface area (Å²) in [6.45, 7) is -3.02. The molecule has 128 valence electrons. The van der Waals surface area contributed by atoms with Crippen LogP contribution in [0.3, 0.4) is 0 Å². The fourth-order valence-corrected chi connectivity index (χ4v) is 5.40. The largest absolute Gasteiger partial charge is 0.325 e. The standard InChI is InChI=1S/C6H13.C4H9.2H3O3PS.Zn/c1-3-5-6-4-2;1-3-4-2;2*1-4(2,3)5;/h1,3-6H2,2H3;1,3-4H2,2H3;2*(H3,1,2,3,5);. The van der Waals surface area contributed by atoms with Gasteiger partial charge in [-0.25, -0.2) is 0 Å². The maximum absolute atomic E-state index is 7.56. The summed E-state index contributed by atoms with van der Waals surface area (Å²) in [5.74, 6) is 0. The van der Waals surface area contributed by atoms with Crippen LogP contribution < -0.4 is 0 Å². The Kier molecular flexibility index (Phi) is 23.6. The van der Waals surface area contributed by atoms with Gasteiger partial charge >= 0.3 is 93.0 Å². The quantitative estimate of drug-likeness (QED) is 0.195. The van der Waals surface area contributed by atoms with Crippen molar-refractivity contribution in [1.82, 2.24) is 0 Å². The third-order valence-corrected chi connectivity index (χ3v) is 6.40.